The molecule has 0 aliphatic heterocycles. The topological polar surface area (TPSA) is 106 Å². The smallest absolute Gasteiger partial charge is 0.262 e. The van der Waals surface area contributed by atoms with Gasteiger partial charge in [-0.25, -0.2) is 14.6 Å². The van der Waals surface area contributed by atoms with Crippen LogP contribution < -0.4 is 10.9 Å². The first-order valence-corrected chi connectivity index (χ1v) is 11.3. The quantitative estimate of drug-likeness (QED) is 0.468. The molecule has 1 aromatic carbocycles. The molecule has 0 saturated carbocycles. The zero-order chi connectivity index (χ0) is 21.2. The number of hydrogen-bond donors (Lipinski definition) is 2. The molecule has 0 fully saturated rings. The molecule has 3 aromatic heterocycles. The van der Waals surface area contributed by atoms with Gasteiger partial charge in [-0.3, -0.25) is 9.59 Å². The predicted octanol–water partition coefficient (Wildman–Crippen LogP) is 3.41. The Morgan fingerprint density at radius 3 is 2.84 bits per heavy atom. The van der Waals surface area contributed by atoms with Crippen molar-refractivity contribution in [1.29, 1.82) is 0 Å². The molecule has 0 spiro atoms. The summed E-state index contributed by atoms with van der Waals surface area (Å²) in [5, 5.41) is 8.29. The minimum absolute atomic E-state index is 0.136. The summed E-state index contributed by atoms with van der Waals surface area (Å²) in [5.41, 5.74) is 2.17. The van der Waals surface area contributed by atoms with Gasteiger partial charge in [-0.15, -0.1) is 11.3 Å². The number of carbonyl (C=O) groups is 1. The van der Waals surface area contributed by atoms with Crippen LogP contribution in [0.15, 0.2) is 41.3 Å². The second kappa shape index (κ2) is 8.43. The number of anilines is 1. The van der Waals surface area contributed by atoms with Gasteiger partial charge in [-0.1, -0.05) is 24.6 Å². The largest absolute Gasteiger partial charge is 0.310 e. The number of aryl methyl sites for hydroxylation is 3. The maximum absolute atomic E-state index is 12.5. The first kappa shape index (κ1) is 19.6. The molecule has 4 aromatic rings. The molecule has 1 amide bonds. The second-order valence-electron chi connectivity index (χ2n) is 7.64. The number of fused-ring (bicyclic) bond motifs is 2. The summed E-state index contributed by atoms with van der Waals surface area (Å²) in [6.45, 7) is 0. The molecular weight excluding hydrogens is 412 g/mol. The third-order valence-corrected chi connectivity index (χ3v) is 6.49. The van der Waals surface area contributed by atoms with Crippen LogP contribution in [0, 0.1) is 0 Å². The monoisotopic (exact) mass is 434 g/mol. The van der Waals surface area contributed by atoms with Crippen molar-refractivity contribution in [3.8, 4) is 5.69 Å². The van der Waals surface area contributed by atoms with Crippen LogP contribution in [-0.2, 0) is 24.1 Å². The minimum atomic E-state index is -0.258. The molecule has 3 heterocycles. The number of rotatable bonds is 5. The van der Waals surface area contributed by atoms with E-state index in [0.717, 1.165) is 30.6 Å². The van der Waals surface area contributed by atoms with E-state index in [1.54, 1.807) is 16.0 Å². The summed E-state index contributed by atoms with van der Waals surface area (Å²) in [4.78, 5) is 38.2. The van der Waals surface area contributed by atoms with Crippen LogP contribution in [-0.4, -0.2) is 30.6 Å². The maximum Gasteiger partial charge on any atom is 0.262 e. The van der Waals surface area contributed by atoms with Gasteiger partial charge in [0.25, 0.3) is 5.56 Å². The predicted molar refractivity (Wildman–Crippen MR) is 120 cm³/mol. The van der Waals surface area contributed by atoms with Crippen LogP contribution in [0.1, 0.15) is 42.1 Å². The molecule has 1 aliphatic rings. The fourth-order valence-corrected chi connectivity index (χ4v) is 4.90. The van der Waals surface area contributed by atoms with Gasteiger partial charge in [0.1, 0.15) is 11.2 Å². The van der Waals surface area contributed by atoms with E-state index in [9.17, 15) is 9.59 Å². The summed E-state index contributed by atoms with van der Waals surface area (Å²) >= 11 is 1.58. The lowest BCUT2D eigenvalue weighted by molar-refractivity contribution is -0.116. The molecule has 9 heteroatoms. The van der Waals surface area contributed by atoms with Crippen molar-refractivity contribution < 1.29 is 4.79 Å². The van der Waals surface area contributed by atoms with E-state index in [-0.39, 0.29) is 17.9 Å². The Morgan fingerprint density at radius 2 is 1.97 bits per heavy atom. The van der Waals surface area contributed by atoms with Crippen molar-refractivity contribution in [1.82, 2.24) is 24.7 Å². The molecule has 5 rings (SSSR count). The summed E-state index contributed by atoms with van der Waals surface area (Å²) in [6.07, 6.45) is 7.65. The standard InChI is InChI=1S/C22H22N6O2S/c29-19(27-22-24-16-9-5-2-6-10-17(16)31-22)12-11-18-25-20-15(21(30)26-18)13-23-28(20)14-7-3-1-4-8-14/h1,3-4,7-8,13H,2,5-6,9-12H2,(H,24,27,29)(H,25,26,30). The lowest BCUT2D eigenvalue weighted by Gasteiger charge is -2.05. The number of aromatic amines is 1. The van der Waals surface area contributed by atoms with Gasteiger partial charge >= 0.3 is 0 Å². The summed E-state index contributed by atoms with van der Waals surface area (Å²) in [5.74, 6) is 0.323. The number of benzene rings is 1. The third-order valence-electron chi connectivity index (χ3n) is 5.42. The van der Waals surface area contributed by atoms with Gasteiger partial charge in [0.05, 0.1) is 17.6 Å². The lowest BCUT2D eigenvalue weighted by Crippen LogP contribution is -2.16. The Kier molecular flexibility index (Phi) is 5.33. The van der Waals surface area contributed by atoms with Crippen molar-refractivity contribution in [2.24, 2.45) is 0 Å². The number of amides is 1. The highest BCUT2D eigenvalue weighted by Crippen LogP contribution is 2.29. The summed E-state index contributed by atoms with van der Waals surface area (Å²) < 4.78 is 1.64. The van der Waals surface area contributed by atoms with Crippen LogP contribution in [0.25, 0.3) is 16.7 Å². The van der Waals surface area contributed by atoms with Gasteiger partial charge < -0.3 is 10.3 Å². The maximum atomic E-state index is 12.5. The molecule has 0 saturated heterocycles. The Morgan fingerprint density at radius 1 is 1.13 bits per heavy atom. The van der Waals surface area contributed by atoms with Gasteiger partial charge in [0.15, 0.2) is 10.8 Å². The van der Waals surface area contributed by atoms with Crippen LogP contribution in [0.5, 0.6) is 0 Å². The first-order valence-electron chi connectivity index (χ1n) is 10.5. The Hall–Kier alpha value is -3.33. The molecular formula is C22H22N6O2S. The van der Waals surface area contributed by atoms with E-state index >= 15 is 0 Å². The SMILES string of the molecule is O=C(CCc1nc2c(cnn2-c2ccccc2)c(=O)[nH]1)Nc1nc2c(s1)CCCCC2. The molecule has 8 nitrogen and oxygen atoms in total. The molecule has 0 unspecified atom stereocenters. The highest BCUT2D eigenvalue weighted by Gasteiger charge is 2.16. The number of para-hydroxylation sites is 1. The average Bonchev–Trinajstić information content (AvgIpc) is 3.31. The molecule has 158 valence electrons. The number of nitrogens with zero attached hydrogens (tertiary/aromatic N) is 4. The number of nitrogens with one attached hydrogen (secondary N) is 2. The van der Waals surface area contributed by atoms with Crippen LogP contribution >= 0.6 is 11.3 Å². The Bertz CT molecular complexity index is 1270. The zero-order valence-electron chi connectivity index (χ0n) is 16.9. The first-order chi connectivity index (χ1) is 15.2. The van der Waals surface area contributed by atoms with E-state index in [2.05, 4.69) is 25.4 Å². The summed E-state index contributed by atoms with van der Waals surface area (Å²) in [6, 6.07) is 9.52. The summed E-state index contributed by atoms with van der Waals surface area (Å²) in [7, 11) is 0. The Balaban J connectivity index is 1.30. The van der Waals surface area contributed by atoms with Crippen molar-refractivity contribution in [2.45, 2.75) is 44.9 Å². The number of H-pyrrole nitrogens is 1. The van der Waals surface area contributed by atoms with Crippen molar-refractivity contribution >= 4 is 33.4 Å². The van der Waals surface area contributed by atoms with Gasteiger partial charge in [0.2, 0.25) is 5.91 Å². The molecule has 0 bridgehead atoms. The van der Waals surface area contributed by atoms with E-state index < -0.39 is 0 Å². The van der Waals surface area contributed by atoms with Crippen molar-refractivity contribution in [2.75, 3.05) is 5.32 Å². The van der Waals surface area contributed by atoms with Crippen molar-refractivity contribution in [3.05, 3.63) is 63.3 Å². The molecule has 1 aliphatic carbocycles. The molecule has 0 atom stereocenters. The lowest BCUT2D eigenvalue weighted by atomic mass is 10.2. The van der Waals surface area contributed by atoms with E-state index in [4.69, 9.17) is 0 Å². The van der Waals surface area contributed by atoms with Crippen LogP contribution in [0.3, 0.4) is 0 Å². The minimum Gasteiger partial charge on any atom is -0.310 e. The van der Waals surface area contributed by atoms with E-state index in [1.165, 1.54) is 23.9 Å². The number of thiazole rings is 1. The average molecular weight is 435 g/mol. The van der Waals surface area contributed by atoms with Gasteiger partial charge in [-0.2, -0.15) is 5.10 Å². The fraction of sp³-hybridized carbons (Fsp3) is 0.318. The number of carbonyl (C=O) groups excluding carboxylic acids is 1. The number of hydrogen-bond acceptors (Lipinski definition) is 6. The highest BCUT2D eigenvalue weighted by atomic mass is 32.1. The molecule has 0 radical (unpaired) electrons. The van der Waals surface area contributed by atoms with E-state index in [1.807, 2.05) is 30.3 Å². The normalized spacial score (nSPS) is 13.7. The zero-order valence-corrected chi connectivity index (χ0v) is 17.7. The molecule has 31 heavy (non-hydrogen) atoms. The Labute approximate surface area is 182 Å². The van der Waals surface area contributed by atoms with E-state index in [0.29, 0.717) is 28.4 Å². The van der Waals surface area contributed by atoms with Crippen LogP contribution in [0.4, 0.5) is 5.13 Å². The molecule has 2 N–H and O–H groups in total. The fourth-order valence-electron chi connectivity index (χ4n) is 3.84. The number of aromatic nitrogens is 5. The highest BCUT2D eigenvalue weighted by molar-refractivity contribution is 7.15. The third kappa shape index (κ3) is 4.13. The van der Waals surface area contributed by atoms with Gasteiger partial charge in [-0.05, 0) is 37.8 Å². The van der Waals surface area contributed by atoms with Crippen LogP contribution in [0.2, 0.25) is 0 Å². The van der Waals surface area contributed by atoms with Gasteiger partial charge in [0, 0.05) is 17.7 Å². The second-order valence-corrected chi connectivity index (χ2v) is 8.72. The van der Waals surface area contributed by atoms with Crippen molar-refractivity contribution in [3.63, 3.8) is 0 Å².